The van der Waals surface area contributed by atoms with Crippen molar-refractivity contribution in [1.82, 2.24) is 14.6 Å². The minimum atomic E-state index is -3.44. The summed E-state index contributed by atoms with van der Waals surface area (Å²) in [6, 6.07) is 9.46. The Kier molecular flexibility index (Phi) is 7.58. The summed E-state index contributed by atoms with van der Waals surface area (Å²) in [4.78, 5) is 20.5. The van der Waals surface area contributed by atoms with E-state index in [1.165, 1.54) is 32.1 Å². The Morgan fingerprint density at radius 2 is 1.60 bits per heavy atom. The first kappa shape index (κ1) is 24.5. The average molecular weight is 499 g/mol. The molecule has 0 spiro atoms. The van der Waals surface area contributed by atoms with Crippen LogP contribution >= 0.6 is 0 Å². The van der Waals surface area contributed by atoms with Crippen LogP contribution in [-0.2, 0) is 14.8 Å². The van der Waals surface area contributed by atoms with Gasteiger partial charge in [0.25, 0.3) is 0 Å². The molecule has 190 valence electrons. The van der Waals surface area contributed by atoms with Gasteiger partial charge in [0.1, 0.15) is 5.82 Å². The van der Waals surface area contributed by atoms with Gasteiger partial charge in [0.2, 0.25) is 15.9 Å². The van der Waals surface area contributed by atoms with Crippen LogP contribution in [0.4, 0.5) is 5.82 Å². The van der Waals surface area contributed by atoms with E-state index in [0.717, 1.165) is 61.8 Å². The lowest BCUT2D eigenvalue weighted by atomic mass is 9.94. The molecule has 3 heterocycles. The van der Waals surface area contributed by atoms with E-state index in [4.69, 9.17) is 4.98 Å². The van der Waals surface area contributed by atoms with Crippen molar-refractivity contribution in [3.05, 3.63) is 30.3 Å². The molecule has 5 rings (SSSR count). The standard InChI is InChI=1S/C27H38N4O3S/c32-27(28-23-10-4-2-1-3-5-11-23)22-9-8-16-30(20-22)26-15-12-21-19-24(13-14-25(21)29-26)35(33,34)31-17-6-7-18-31/h12-15,19,22-23H,1-11,16-18,20H2,(H,28,32)/t22-/m0/s1. The molecule has 7 nitrogen and oxygen atoms in total. The molecule has 0 radical (unpaired) electrons. The van der Waals surface area contributed by atoms with E-state index in [2.05, 4.69) is 10.2 Å². The number of nitrogens with one attached hydrogen (secondary N) is 1. The van der Waals surface area contributed by atoms with Crippen LogP contribution in [0.1, 0.15) is 70.6 Å². The van der Waals surface area contributed by atoms with Crippen LogP contribution in [0.2, 0.25) is 0 Å². The largest absolute Gasteiger partial charge is 0.356 e. The van der Waals surface area contributed by atoms with Gasteiger partial charge < -0.3 is 10.2 Å². The highest BCUT2D eigenvalue weighted by molar-refractivity contribution is 7.89. The Hall–Kier alpha value is -2.19. The van der Waals surface area contributed by atoms with E-state index in [1.807, 2.05) is 18.2 Å². The number of sulfonamides is 1. The number of fused-ring (bicyclic) bond motifs is 1. The zero-order valence-electron chi connectivity index (χ0n) is 20.6. The van der Waals surface area contributed by atoms with Crippen molar-refractivity contribution >= 4 is 32.7 Å². The summed E-state index contributed by atoms with van der Waals surface area (Å²) in [6.45, 7) is 2.76. The quantitative estimate of drug-likeness (QED) is 0.658. The third-order valence-electron chi connectivity index (χ3n) is 7.92. The number of nitrogens with zero attached hydrogens (tertiary/aromatic N) is 3. The van der Waals surface area contributed by atoms with Gasteiger partial charge >= 0.3 is 0 Å². The molecule has 0 bridgehead atoms. The van der Waals surface area contributed by atoms with E-state index in [0.29, 0.717) is 30.6 Å². The van der Waals surface area contributed by atoms with Crippen molar-refractivity contribution in [3.63, 3.8) is 0 Å². The average Bonchev–Trinajstić information content (AvgIpc) is 3.41. The molecular formula is C27H38N4O3S. The molecule has 1 atom stereocenters. The molecule has 2 saturated heterocycles. The fraction of sp³-hybridized carbons (Fsp3) is 0.630. The fourth-order valence-electron chi connectivity index (χ4n) is 5.83. The van der Waals surface area contributed by atoms with E-state index in [1.54, 1.807) is 16.4 Å². The molecule has 1 aliphatic carbocycles. The summed E-state index contributed by atoms with van der Waals surface area (Å²) in [5.74, 6) is 1.04. The Morgan fingerprint density at radius 3 is 2.37 bits per heavy atom. The number of piperidine rings is 1. The molecule has 35 heavy (non-hydrogen) atoms. The molecule has 1 saturated carbocycles. The van der Waals surface area contributed by atoms with Crippen molar-refractivity contribution < 1.29 is 13.2 Å². The zero-order valence-corrected chi connectivity index (χ0v) is 21.4. The third kappa shape index (κ3) is 5.64. The predicted octanol–water partition coefficient (Wildman–Crippen LogP) is 4.46. The normalized spacial score (nSPS) is 23.2. The number of hydrogen-bond donors (Lipinski definition) is 1. The summed E-state index contributed by atoms with van der Waals surface area (Å²) in [5, 5.41) is 4.18. The maximum atomic E-state index is 13.1. The monoisotopic (exact) mass is 498 g/mol. The predicted molar refractivity (Wildman–Crippen MR) is 139 cm³/mol. The van der Waals surface area contributed by atoms with Crippen LogP contribution in [0, 0.1) is 5.92 Å². The van der Waals surface area contributed by atoms with E-state index in [9.17, 15) is 13.2 Å². The van der Waals surface area contributed by atoms with Crippen LogP contribution < -0.4 is 10.2 Å². The summed E-state index contributed by atoms with van der Waals surface area (Å²) >= 11 is 0. The van der Waals surface area contributed by atoms with Crippen LogP contribution in [0.15, 0.2) is 35.2 Å². The van der Waals surface area contributed by atoms with Crippen molar-refractivity contribution in [3.8, 4) is 0 Å². The van der Waals surface area contributed by atoms with Gasteiger partial charge in [-0.25, -0.2) is 13.4 Å². The highest BCUT2D eigenvalue weighted by Crippen LogP contribution is 2.28. The van der Waals surface area contributed by atoms with Crippen molar-refractivity contribution in [2.24, 2.45) is 5.92 Å². The van der Waals surface area contributed by atoms with Crippen LogP contribution in [0.3, 0.4) is 0 Å². The number of rotatable bonds is 5. The lowest BCUT2D eigenvalue weighted by Gasteiger charge is -2.34. The van der Waals surface area contributed by atoms with Crippen LogP contribution in [-0.4, -0.2) is 55.8 Å². The Balaban J connectivity index is 1.26. The highest BCUT2D eigenvalue weighted by atomic mass is 32.2. The third-order valence-corrected chi connectivity index (χ3v) is 9.81. The molecule has 2 aromatic rings. The highest BCUT2D eigenvalue weighted by Gasteiger charge is 2.29. The zero-order chi connectivity index (χ0) is 24.3. The maximum absolute atomic E-state index is 13.1. The molecule has 1 aromatic heterocycles. The van der Waals surface area contributed by atoms with Gasteiger partial charge in [0, 0.05) is 37.6 Å². The number of carbonyl (C=O) groups excluding carboxylic acids is 1. The molecule has 0 unspecified atom stereocenters. The first-order valence-electron chi connectivity index (χ1n) is 13.5. The molecule has 2 aliphatic heterocycles. The number of aromatic nitrogens is 1. The van der Waals surface area contributed by atoms with Gasteiger partial charge in [-0.15, -0.1) is 0 Å². The van der Waals surface area contributed by atoms with E-state index >= 15 is 0 Å². The van der Waals surface area contributed by atoms with Gasteiger partial charge in [-0.1, -0.05) is 32.1 Å². The Bertz CT molecular complexity index is 1140. The molecule has 1 amide bonds. The summed E-state index contributed by atoms with van der Waals surface area (Å²) in [6.07, 6.45) is 12.2. The first-order valence-corrected chi connectivity index (χ1v) is 14.9. The molecule has 1 aromatic carbocycles. The molecular weight excluding hydrogens is 460 g/mol. The van der Waals surface area contributed by atoms with Crippen molar-refractivity contribution in [2.45, 2.75) is 81.6 Å². The molecule has 3 fully saturated rings. The number of pyridine rings is 1. The number of amides is 1. The van der Waals surface area contributed by atoms with Gasteiger partial charge in [0.15, 0.2) is 0 Å². The smallest absolute Gasteiger partial charge is 0.243 e. The fourth-order valence-corrected chi connectivity index (χ4v) is 7.38. The number of benzene rings is 1. The second-order valence-electron chi connectivity index (χ2n) is 10.5. The second-order valence-corrected chi connectivity index (χ2v) is 12.4. The molecule has 8 heteroatoms. The van der Waals surface area contributed by atoms with Gasteiger partial charge in [-0.2, -0.15) is 4.31 Å². The first-order chi connectivity index (χ1) is 17.0. The van der Waals surface area contributed by atoms with Crippen molar-refractivity contribution in [2.75, 3.05) is 31.1 Å². The maximum Gasteiger partial charge on any atom is 0.243 e. The minimum Gasteiger partial charge on any atom is -0.356 e. The SMILES string of the molecule is O=C(NC1CCCCCCC1)[C@H]1CCCN(c2ccc3cc(S(=O)(=O)N4CCCC4)ccc3n2)C1. The topological polar surface area (TPSA) is 82.6 Å². The number of hydrogen-bond acceptors (Lipinski definition) is 5. The van der Waals surface area contributed by atoms with Gasteiger partial charge in [-0.3, -0.25) is 4.79 Å². The molecule has 3 aliphatic rings. The van der Waals surface area contributed by atoms with Gasteiger partial charge in [0.05, 0.1) is 16.3 Å². The van der Waals surface area contributed by atoms with E-state index in [-0.39, 0.29) is 11.8 Å². The lowest BCUT2D eigenvalue weighted by molar-refractivity contribution is -0.126. The Morgan fingerprint density at radius 1 is 0.857 bits per heavy atom. The van der Waals surface area contributed by atoms with E-state index < -0.39 is 10.0 Å². The van der Waals surface area contributed by atoms with Gasteiger partial charge in [-0.05, 0) is 68.9 Å². The summed E-state index contributed by atoms with van der Waals surface area (Å²) in [5.41, 5.74) is 0.781. The Labute approximate surface area is 209 Å². The summed E-state index contributed by atoms with van der Waals surface area (Å²) < 4.78 is 27.4. The number of anilines is 1. The second kappa shape index (κ2) is 10.8. The lowest BCUT2D eigenvalue weighted by Crippen LogP contribution is -2.46. The van der Waals surface area contributed by atoms with Crippen molar-refractivity contribution in [1.29, 1.82) is 0 Å². The van der Waals surface area contributed by atoms with Crippen LogP contribution in [0.25, 0.3) is 10.9 Å². The summed E-state index contributed by atoms with van der Waals surface area (Å²) in [7, 11) is -3.44. The number of carbonyl (C=O) groups is 1. The van der Waals surface area contributed by atoms with Crippen LogP contribution in [0.5, 0.6) is 0 Å². The minimum absolute atomic E-state index is 0.0142. The molecule has 1 N–H and O–H groups in total.